The number of nitro groups is 1. The minimum Gasteiger partial charge on any atom is -0.469 e. The second-order valence-electron chi connectivity index (χ2n) is 5.27. The monoisotopic (exact) mass is 318 g/mol. The number of esters is 1. The van der Waals surface area contributed by atoms with E-state index in [2.05, 4.69) is 0 Å². The second kappa shape index (κ2) is 7.53. The standard InChI is InChI=1S/C16H18N2O5/c1-23-16(20)13-8-10-17(11-9-13)15(19)7-6-12-4-2-3-5-14(12)18(21)22/h2-7,13H,8-11H2,1H3. The van der Waals surface area contributed by atoms with E-state index in [1.54, 1.807) is 23.1 Å². The summed E-state index contributed by atoms with van der Waals surface area (Å²) in [5.74, 6) is -0.623. The SMILES string of the molecule is COC(=O)C1CCN(C(=O)C=Cc2ccccc2[N+](=O)[O-])CC1. The van der Waals surface area contributed by atoms with Crippen LogP contribution < -0.4 is 0 Å². The number of benzene rings is 1. The summed E-state index contributed by atoms with van der Waals surface area (Å²) in [6.45, 7) is 0.944. The van der Waals surface area contributed by atoms with Crippen molar-refractivity contribution in [2.75, 3.05) is 20.2 Å². The Balaban J connectivity index is 1.98. The van der Waals surface area contributed by atoms with E-state index >= 15 is 0 Å². The molecule has 1 fully saturated rings. The van der Waals surface area contributed by atoms with Gasteiger partial charge in [-0.15, -0.1) is 0 Å². The quantitative estimate of drug-likeness (QED) is 0.367. The minimum atomic E-state index is -0.480. The summed E-state index contributed by atoms with van der Waals surface area (Å²) < 4.78 is 4.71. The van der Waals surface area contributed by atoms with Crippen molar-refractivity contribution in [3.63, 3.8) is 0 Å². The molecule has 7 heteroatoms. The molecule has 1 saturated heterocycles. The highest BCUT2D eigenvalue weighted by Crippen LogP contribution is 2.21. The fourth-order valence-corrected chi connectivity index (χ4v) is 2.56. The van der Waals surface area contributed by atoms with Gasteiger partial charge in [0.15, 0.2) is 0 Å². The molecule has 2 rings (SSSR count). The number of carbonyl (C=O) groups excluding carboxylic acids is 2. The molecule has 1 amide bonds. The van der Waals surface area contributed by atoms with Crippen molar-refractivity contribution in [3.05, 3.63) is 46.0 Å². The lowest BCUT2D eigenvalue weighted by Crippen LogP contribution is -2.39. The summed E-state index contributed by atoms with van der Waals surface area (Å²) in [5.41, 5.74) is 0.344. The fraction of sp³-hybridized carbons (Fsp3) is 0.375. The third-order valence-corrected chi connectivity index (χ3v) is 3.88. The Hall–Kier alpha value is -2.70. The lowest BCUT2D eigenvalue weighted by molar-refractivity contribution is -0.385. The number of amides is 1. The normalized spacial score (nSPS) is 15.6. The van der Waals surface area contributed by atoms with Crippen molar-refractivity contribution >= 4 is 23.6 Å². The minimum absolute atomic E-state index is 0.0408. The molecule has 7 nitrogen and oxygen atoms in total. The Morgan fingerprint density at radius 3 is 2.57 bits per heavy atom. The van der Waals surface area contributed by atoms with Gasteiger partial charge in [-0.1, -0.05) is 12.1 Å². The number of nitrogens with zero attached hydrogens (tertiary/aromatic N) is 2. The summed E-state index contributed by atoms with van der Waals surface area (Å²) >= 11 is 0. The Morgan fingerprint density at radius 2 is 1.96 bits per heavy atom. The molecule has 1 heterocycles. The molecule has 0 aromatic heterocycles. The van der Waals surface area contributed by atoms with Gasteiger partial charge in [0, 0.05) is 25.2 Å². The second-order valence-corrected chi connectivity index (χ2v) is 5.27. The van der Waals surface area contributed by atoms with E-state index in [9.17, 15) is 19.7 Å². The van der Waals surface area contributed by atoms with Gasteiger partial charge in [0.25, 0.3) is 5.69 Å². The lowest BCUT2D eigenvalue weighted by atomic mass is 9.97. The maximum atomic E-state index is 12.2. The number of hydrogen-bond acceptors (Lipinski definition) is 5. The van der Waals surface area contributed by atoms with Crippen LogP contribution in [-0.4, -0.2) is 41.9 Å². The van der Waals surface area contributed by atoms with Gasteiger partial charge >= 0.3 is 5.97 Å². The molecule has 0 spiro atoms. The van der Waals surface area contributed by atoms with Crippen LogP contribution in [0.3, 0.4) is 0 Å². The maximum Gasteiger partial charge on any atom is 0.308 e. The van der Waals surface area contributed by atoms with E-state index in [0.717, 1.165) is 0 Å². The van der Waals surface area contributed by atoms with Crippen LogP contribution in [0.5, 0.6) is 0 Å². The number of para-hydroxylation sites is 1. The number of ether oxygens (including phenoxy) is 1. The molecule has 1 aromatic rings. The van der Waals surface area contributed by atoms with Crippen molar-refractivity contribution < 1.29 is 19.2 Å². The van der Waals surface area contributed by atoms with Crippen molar-refractivity contribution in [1.82, 2.24) is 4.90 Å². The summed E-state index contributed by atoms with van der Waals surface area (Å²) in [5, 5.41) is 10.9. The first-order chi connectivity index (χ1) is 11.0. The number of methoxy groups -OCH3 is 1. The summed E-state index contributed by atoms with van der Waals surface area (Å²) in [6, 6.07) is 6.24. The predicted octanol–water partition coefficient (Wildman–Crippen LogP) is 2.02. The highest BCUT2D eigenvalue weighted by atomic mass is 16.6. The fourth-order valence-electron chi connectivity index (χ4n) is 2.56. The summed E-state index contributed by atoms with van der Waals surface area (Å²) in [4.78, 5) is 35.7. The Kier molecular flexibility index (Phi) is 5.46. The molecule has 1 aliphatic heterocycles. The van der Waals surface area contributed by atoms with Crippen LogP contribution in [0.1, 0.15) is 18.4 Å². The average Bonchev–Trinajstić information content (AvgIpc) is 2.59. The van der Waals surface area contributed by atoms with Gasteiger partial charge in [0.1, 0.15) is 0 Å². The van der Waals surface area contributed by atoms with E-state index in [-0.39, 0.29) is 23.5 Å². The molecule has 23 heavy (non-hydrogen) atoms. The third kappa shape index (κ3) is 4.15. The summed E-state index contributed by atoms with van der Waals surface area (Å²) in [6.07, 6.45) is 3.92. The van der Waals surface area contributed by atoms with Gasteiger partial charge in [0.2, 0.25) is 5.91 Å². The van der Waals surface area contributed by atoms with Gasteiger partial charge in [-0.3, -0.25) is 19.7 Å². The van der Waals surface area contributed by atoms with Crippen LogP contribution in [0.25, 0.3) is 6.08 Å². The molecule has 0 atom stereocenters. The molecule has 0 aliphatic carbocycles. The van der Waals surface area contributed by atoms with Crippen molar-refractivity contribution in [2.24, 2.45) is 5.92 Å². The van der Waals surface area contributed by atoms with E-state index in [1.807, 2.05) is 0 Å². The van der Waals surface area contributed by atoms with Crippen LogP contribution in [0.4, 0.5) is 5.69 Å². The molecule has 0 radical (unpaired) electrons. The molecule has 1 aliphatic rings. The zero-order valence-electron chi connectivity index (χ0n) is 12.8. The van der Waals surface area contributed by atoms with Crippen LogP contribution in [0.15, 0.2) is 30.3 Å². The van der Waals surface area contributed by atoms with Gasteiger partial charge < -0.3 is 9.64 Å². The molecule has 0 unspecified atom stereocenters. The smallest absolute Gasteiger partial charge is 0.308 e. The molecule has 0 saturated carbocycles. The van der Waals surface area contributed by atoms with Gasteiger partial charge in [-0.05, 0) is 25.0 Å². The molecule has 0 bridgehead atoms. The third-order valence-electron chi connectivity index (χ3n) is 3.88. The van der Waals surface area contributed by atoms with Crippen LogP contribution >= 0.6 is 0 Å². The number of nitro benzene ring substituents is 1. The number of piperidine rings is 1. The van der Waals surface area contributed by atoms with E-state index < -0.39 is 4.92 Å². The van der Waals surface area contributed by atoms with Crippen LogP contribution in [-0.2, 0) is 14.3 Å². The first kappa shape index (κ1) is 16.7. The first-order valence-corrected chi connectivity index (χ1v) is 7.31. The lowest BCUT2D eigenvalue weighted by Gasteiger charge is -2.29. The highest BCUT2D eigenvalue weighted by molar-refractivity contribution is 5.92. The van der Waals surface area contributed by atoms with E-state index in [1.165, 1.54) is 25.3 Å². The average molecular weight is 318 g/mol. The van der Waals surface area contributed by atoms with E-state index in [0.29, 0.717) is 31.5 Å². The first-order valence-electron chi connectivity index (χ1n) is 7.31. The predicted molar refractivity (Wildman–Crippen MR) is 83.5 cm³/mol. The Labute approximate surface area is 133 Å². The number of hydrogen-bond donors (Lipinski definition) is 0. The number of carbonyl (C=O) groups is 2. The molecule has 0 N–H and O–H groups in total. The van der Waals surface area contributed by atoms with Crippen LogP contribution in [0, 0.1) is 16.0 Å². The molecular weight excluding hydrogens is 300 g/mol. The van der Waals surface area contributed by atoms with Crippen molar-refractivity contribution in [3.8, 4) is 0 Å². The molecular formula is C16H18N2O5. The van der Waals surface area contributed by atoms with E-state index in [4.69, 9.17) is 4.74 Å². The summed E-state index contributed by atoms with van der Waals surface area (Å²) in [7, 11) is 1.36. The Morgan fingerprint density at radius 1 is 1.30 bits per heavy atom. The van der Waals surface area contributed by atoms with Gasteiger partial charge in [0.05, 0.1) is 23.5 Å². The highest BCUT2D eigenvalue weighted by Gasteiger charge is 2.27. The van der Waals surface area contributed by atoms with Crippen molar-refractivity contribution in [2.45, 2.75) is 12.8 Å². The zero-order valence-corrected chi connectivity index (χ0v) is 12.8. The number of rotatable bonds is 4. The number of likely N-dealkylation sites (tertiary alicyclic amines) is 1. The Bertz CT molecular complexity index is 633. The van der Waals surface area contributed by atoms with Crippen molar-refractivity contribution in [1.29, 1.82) is 0 Å². The molecule has 1 aromatic carbocycles. The zero-order chi connectivity index (χ0) is 16.8. The van der Waals surface area contributed by atoms with Gasteiger partial charge in [-0.25, -0.2) is 0 Å². The topological polar surface area (TPSA) is 89.8 Å². The maximum absolute atomic E-state index is 12.2. The van der Waals surface area contributed by atoms with Gasteiger partial charge in [-0.2, -0.15) is 0 Å². The van der Waals surface area contributed by atoms with Crippen LogP contribution in [0.2, 0.25) is 0 Å². The molecule has 122 valence electrons. The largest absolute Gasteiger partial charge is 0.469 e.